The first-order chi connectivity index (χ1) is 15.3. The zero-order valence-corrected chi connectivity index (χ0v) is 23.3. The molecule has 1 aliphatic carbocycles. The molecule has 0 spiro atoms. The Balaban J connectivity index is 0.000000554. The van der Waals surface area contributed by atoms with E-state index in [2.05, 4.69) is 63.8 Å². The molecule has 1 aliphatic heterocycles. The van der Waals surface area contributed by atoms with Crippen molar-refractivity contribution >= 4 is 31.4 Å². The van der Waals surface area contributed by atoms with Crippen molar-refractivity contribution in [2.45, 2.75) is 110 Å². The van der Waals surface area contributed by atoms with Gasteiger partial charge in [0.2, 0.25) is 0 Å². The summed E-state index contributed by atoms with van der Waals surface area (Å²) in [7, 11) is 1.81. The molecule has 2 fully saturated rings. The molecule has 1 aromatic rings. The number of piperidine rings is 1. The fraction of sp³-hybridized carbons (Fsp3) is 0.750. The molecule has 0 bridgehead atoms. The predicted molar refractivity (Wildman–Crippen MR) is 146 cm³/mol. The molecule has 3 rings (SSSR count). The first-order valence-corrected chi connectivity index (χ1v) is 13.3. The van der Waals surface area contributed by atoms with Crippen molar-refractivity contribution in [1.29, 1.82) is 0 Å². The lowest BCUT2D eigenvalue weighted by Crippen LogP contribution is -2.48. The van der Waals surface area contributed by atoms with Gasteiger partial charge in [0.1, 0.15) is 5.78 Å². The minimum Gasteiger partial charge on any atom is -0.428 e. The number of Topliss-reactive ketones (excluding diaryl/α,β-unsaturated/α-hetero) is 1. The van der Waals surface area contributed by atoms with Crippen molar-refractivity contribution in [3.8, 4) is 0 Å². The number of ketones is 1. The number of aryl methyl sites for hydroxylation is 1. The number of rotatable bonds is 7. The van der Waals surface area contributed by atoms with Crippen LogP contribution in [0.15, 0.2) is 18.2 Å². The summed E-state index contributed by atoms with van der Waals surface area (Å²) >= 11 is 4.65. The summed E-state index contributed by atoms with van der Waals surface area (Å²) in [5.74, 6) is 1.44. The van der Waals surface area contributed by atoms with Crippen molar-refractivity contribution in [1.82, 2.24) is 5.32 Å². The van der Waals surface area contributed by atoms with Gasteiger partial charge in [-0.15, -0.1) is 0 Å². The van der Waals surface area contributed by atoms with Crippen molar-refractivity contribution in [3.63, 3.8) is 0 Å². The summed E-state index contributed by atoms with van der Waals surface area (Å²) in [6.07, 6.45) is 7.68. The molecule has 1 radical (unpaired) electrons. The van der Waals surface area contributed by atoms with E-state index in [0.717, 1.165) is 42.9 Å². The van der Waals surface area contributed by atoms with Crippen LogP contribution < -0.4 is 10.8 Å². The minimum absolute atomic E-state index is 0.0375. The molecule has 0 atom stereocenters. The molecule has 0 unspecified atom stereocenters. The fourth-order valence-corrected chi connectivity index (χ4v) is 4.89. The largest absolute Gasteiger partial charge is 0.428 e. The van der Waals surface area contributed by atoms with Crippen LogP contribution in [0.5, 0.6) is 0 Å². The van der Waals surface area contributed by atoms with Crippen LogP contribution in [0.2, 0.25) is 0 Å². The van der Waals surface area contributed by atoms with Crippen LogP contribution in [0, 0.1) is 18.8 Å². The lowest BCUT2D eigenvalue weighted by atomic mass is 9.65. The molecule has 5 heteroatoms. The van der Waals surface area contributed by atoms with Crippen LogP contribution in [0.25, 0.3) is 0 Å². The second-order valence-corrected chi connectivity index (χ2v) is 12.7. The van der Waals surface area contributed by atoms with Crippen molar-refractivity contribution in [2.24, 2.45) is 11.8 Å². The highest BCUT2D eigenvalue weighted by atomic mass is 32.1. The number of nitrogens with one attached hydrogen (secondary N) is 1. The second kappa shape index (κ2) is 11.8. The van der Waals surface area contributed by atoms with Gasteiger partial charge in [0, 0.05) is 10.7 Å². The zero-order valence-electron chi connectivity index (χ0n) is 22.4. The van der Waals surface area contributed by atoms with Gasteiger partial charge in [-0.05, 0) is 77.6 Å². The Morgan fingerprint density at radius 1 is 1.15 bits per heavy atom. The molecule has 1 saturated heterocycles. The van der Waals surface area contributed by atoms with E-state index in [1.54, 1.807) is 0 Å². The van der Waals surface area contributed by atoms with Gasteiger partial charge in [-0.1, -0.05) is 70.1 Å². The van der Waals surface area contributed by atoms with Crippen LogP contribution in [-0.4, -0.2) is 36.7 Å². The highest BCUT2D eigenvalue weighted by Crippen LogP contribution is 2.38. The van der Waals surface area contributed by atoms with Crippen molar-refractivity contribution in [2.75, 3.05) is 13.1 Å². The van der Waals surface area contributed by atoms with Crippen LogP contribution in [0.4, 0.5) is 0 Å². The molecule has 1 N–H and O–H groups in total. The quantitative estimate of drug-likeness (QED) is 0.390. The van der Waals surface area contributed by atoms with Crippen molar-refractivity contribution < 1.29 is 9.45 Å². The summed E-state index contributed by atoms with van der Waals surface area (Å²) in [5, 5.41) is 3.40. The fourth-order valence-electron chi connectivity index (χ4n) is 4.84. The lowest BCUT2D eigenvalue weighted by molar-refractivity contribution is -0.128. The normalized spacial score (nSPS) is 19.2. The molecule has 33 heavy (non-hydrogen) atoms. The van der Waals surface area contributed by atoms with Gasteiger partial charge in [0.05, 0.1) is 11.0 Å². The number of carbonyl (C=O) groups is 1. The Hall–Kier alpha value is -0.775. The molecule has 0 aromatic heterocycles. The van der Waals surface area contributed by atoms with Gasteiger partial charge in [-0.25, -0.2) is 0 Å². The maximum Gasteiger partial charge on any atom is 0.330 e. The smallest absolute Gasteiger partial charge is 0.330 e. The number of hydrogen-bond donors (Lipinski definition) is 2. The number of hydrogen-bond acceptors (Lipinski definition) is 4. The standard InChI is InChI=1S/C22H35BNO2S.C6H12/c1-15(2)19(25)22(10-12-24-13-11-22)18-9-8-17(14-16(18)3)23-26-20(4,5)21(6,7)27;1-6-4-2-3-5-6/h8-9,14-15,24,27H,10-13H2,1-7H3;6H,2-5H2,1H3. The molecule has 3 nitrogen and oxygen atoms in total. The van der Waals surface area contributed by atoms with E-state index in [9.17, 15) is 4.79 Å². The summed E-state index contributed by atoms with van der Waals surface area (Å²) in [6.45, 7) is 18.4. The molecule has 1 saturated carbocycles. The Morgan fingerprint density at radius 3 is 2.15 bits per heavy atom. The highest BCUT2D eigenvalue weighted by molar-refractivity contribution is 7.81. The van der Waals surface area contributed by atoms with E-state index in [4.69, 9.17) is 4.65 Å². The van der Waals surface area contributed by atoms with E-state index in [1.807, 2.05) is 35.2 Å². The van der Waals surface area contributed by atoms with E-state index in [-0.39, 0.29) is 16.1 Å². The average molecular weight is 473 g/mol. The van der Waals surface area contributed by atoms with Crippen LogP contribution in [-0.2, 0) is 14.9 Å². The summed E-state index contributed by atoms with van der Waals surface area (Å²) in [5.41, 5.74) is 2.59. The van der Waals surface area contributed by atoms with Gasteiger partial charge < -0.3 is 9.97 Å². The third kappa shape index (κ3) is 7.35. The molecule has 1 aromatic carbocycles. The zero-order chi connectivity index (χ0) is 24.9. The monoisotopic (exact) mass is 472 g/mol. The SMILES string of the molecule is CC1CCCC1.Cc1cc([B]OC(C)(C)C(C)(C)S)ccc1C1(C(=O)C(C)C)CCNCC1. The van der Waals surface area contributed by atoms with Gasteiger partial charge in [0.25, 0.3) is 0 Å². The Labute approximate surface area is 209 Å². The van der Waals surface area contributed by atoms with Gasteiger partial charge in [-0.2, -0.15) is 12.6 Å². The van der Waals surface area contributed by atoms with E-state index in [1.165, 1.54) is 31.2 Å². The van der Waals surface area contributed by atoms with E-state index < -0.39 is 5.60 Å². The third-order valence-electron chi connectivity index (χ3n) is 7.83. The first-order valence-electron chi connectivity index (χ1n) is 12.9. The first kappa shape index (κ1) is 28.5. The third-order valence-corrected chi connectivity index (χ3v) is 8.36. The van der Waals surface area contributed by atoms with Crippen molar-refractivity contribution in [3.05, 3.63) is 29.3 Å². The van der Waals surface area contributed by atoms with Crippen LogP contribution >= 0.6 is 12.6 Å². The predicted octanol–water partition coefficient (Wildman–Crippen LogP) is 5.79. The molecule has 0 amide bonds. The van der Waals surface area contributed by atoms with Gasteiger partial charge in [-0.3, -0.25) is 4.79 Å². The average Bonchev–Trinajstić information content (AvgIpc) is 3.23. The highest BCUT2D eigenvalue weighted by Gasteiger charge is 2.42. The second-order valence-electron chi connectivity index (χ2n) is 11.6. The number of carbonyl (C=O) groups excluding carboxylic acids is 1. The Kier molecular flexibility index (Phi) is 10.2. The molecular formula is C28H47BNO2S. The maximum atomic E-state index is 13.2. The van der Waals surface area contributed by atoms with Crippen LogP contribution in [0.3, 0.4) is 0 Å². The molecule has 1 heterocycles. The molecule has 2 aliphatic rings. The Bertz CT molecular complexity index is 773. The topological polar surface area (TPSA) is 38.3 Å². The summed E-state index contributed by atoms with van der Waals surface area (Å²) < 4.78 is 5.79. The van der Waals surface area contributed by atoms with Crippen LogP contribution in [0.1, 0.15) is 98.1 Å². The summed E-state index contributed by atoms with van der Waals surface area (Å²) in [4.78, 5) is 13.2. The molecule has 185 valence electrons. The Morgan fingerprint density at radius 2 is 1.73 bits per heavy atom. The minimum atomic E-state index is -0.396. The molecular weight excluding hydrogens is 425 g/mol. The summed E-state index contributed by atoms with van der Waals surface area (Å²) in [6, 6.07) is 6.34. The van der Waals surface area contributed by atoms with Gasteiger partial charge in [0.15, 0.2) is 0 Å². The number of benzene rings is 1. The lowest BCUT2D eigenvalue weighted by Gasteiger charge is -2.39. The number of thiol groups is 1. The van der Waals surface area contributed by atoms with E-state index >= 15 is 0 Å². The van der Waals surface area contributed by atoms with E-state index in [0.29, 0.717) is 5.78 Å². The maximum absolute atomic E-state index is 13.2. The van der Waals surface area contributed by atoms with Gasteiger partial charge >= 0.3 is 7.48 Å².